The van der Waals surface area contributed by atoms with E-state index in [0.29, 0.717) is 5.13 Å². The highest BCUT2D eigenvalue weighted by molar-refractivity contribution is 7.15. The maximum atomic E-state index is 5.60. The van der Waals surface area contributed by atoms with E-state index in [1.165, 1.54) is 18.0 Å². The Bertz CT molecular complexity index is 305. The van der Waals surface area contributed by atoms with Gasteiger partial charge in [-0.2, -0.15) is 0 Å². The van der Waals surface area contributed by atoms with E-state index in [9.17, 15) is 0 Å². The maximum Gasteiger partial charge on any atom is 0.180 e. The van der Waals surface area contributed by atoms with Crippen molar-refractivity contribution in [2.24, 2.45) is 11.8 Å². The van der Waals surface area contributed by atoms with Gasteiger partial charge in [-0.15, -0.1) is 23.7 Å². The number of thiazole rings is 1. The van der Waals surface area contributed by atoms with Crippen molar-refractivity contribution in [2.75, 3.05) is 18.8 Å². The highest BCUT2D eigenvalue weighted by atomic mass is 35.5. The Balaban J connectivity index is 0.00000112. The van der Waals surface area contributed by atoms with Crippen molar-refractivity contribution in [3.63, 3.8) is 0 Å². The molecule has 0 bridgehead atoms. The summed E-state index contributed by atoms with van der Waals surface area (Å²) in [4.78, 5) is 7.84. The molecule has 2 heterocycles. The first-order chi connectivity index (χ1) is 6.65. The van der Waals surface area contributed by atoms with Crippen LogP contribution in [0.2, 0.25) is 0 Å². The van der Waals surface area contributed by atoms with Crippen molar-refractivity contribution in [2.45, 2.75) is 20.4 Å². The molecule has 2 atom stereocenters. The number of hydrogen-bond donors (Lipinski definition) is 1. The molecule has 0 spiro atoms. The molecule has 3 nitrogen and oxygen atoms in total. The van der Waals surface area contributed by atoms with E-state index >= 15 is 0 Å². The third kappa shape index (κ3) is 3.06. The summed E-state index contributed by atoms with van der Waals surface area (Å²) in [6.45, 7) is 8.08. The van der Waals surface area contributed by atoms with Gasteiger partial charge >= 0.3 is 0 Å². The maximum absolute atomic E-state index is 5.60. The first-order valence-corrected chi connectivity index (χ1v) is 5.89. The molecule has 2 N–H and O–H groups in total. The lowest BCUT2D eigenvalue weighted by molar-refractivity contribution is 0.319. The molecule has 0 aromatic carbocycles. The Hall–Kier alpha value is -0.320. The topological polar surface area (TPSA) is 42.2 Å². The molecule has 1 saturated heterocycles. The third-order valence-electron chi connectivity index (χ3n) is 3.01. The summed E-state index contributed by atoms with van der Waals surface area (Å²) in [5.74, 6) is 1.64. The zero-order valence-electron chi connectivity index (χ0n) is 9.14. The van der Waals surface area contributed by atoms with Crippen LogP contribution < -0.4 is 5.73 Å². The van der Waals surface area contributed by atoms with E-state index in [1.807, 2.05) is 6.20 Å². The Labute approximate surface area is 101 Å². The van der Waals surface area contributed by atoms with Crippen molar-refractivity contribution < 1.29 is 0 Å². The van der Waals surface area contributed by atoms with E-state index in [-0.39, 0.29) is 12.4 Å². The van der Waals surface area contributed by atoms with Crippen LogP contribution in [0.1, 0.15) is 18.7 Å². The Morgan fingerprint density at radius 3 is 2.53 bits per heavy atom. The Morgan fingerprint density at radius 1 is 1.47 bits per heavy atom. The van der Waals surface area contributed by atoms with Gasteiger partial charge in [0, 0.05) is 30.7 Å². The summed E-state index contributed by atoms with van der Waals surface area (Å²) in [5, 5.41) is 0.681. The predicted octanol–water partition coefficient (Wildman–Crippen LogP) is 2.23. The van der Waals surface area contributed by atoms with Gasteiger partial charge in [-0.1, -0.05) is 13.8 Å². The molecule has 15 heavy (non-hydrogen) atoms. The molecular formula is C10H18ClN3S. The zero-order valence-corrected chi connectivity index (χ0v) is 10.8. The van der Waals surface area contributed by atoms with E-state index in [2.05, 4.69) is 23.7 Å². The minimum Gasteiger partial charge on any atom is -0.375 e. The van der Waals surface area contributed by atoms with E-state index in [1.54, 1.807) is 11.3 Å². The molecule has 0 aliphatic carbocycles. The number of halogens is 1. The molecule has 1 aromatic heterocycles. The van der Waals surface area contributed by atoms with E-state index in [4.69, 9.17) is 5.73 Å². The molecule has 1 aromatic rings. The van der Waals surface area contributed by atoms with Gasteiger partial charge in [-0.25, -0.2) is 4.98 Å². The van der Waals surface area contributed by atoms with Crippen molar-refractivity contribution in [1.82, 2.24) is 9.88 Å². The van der Waals surface area contributed by atoms with Gasteiger partial charge in [0.15, 0.2) is 5.13 Å². The lowest BCUT2D eigenvalue weighted by Crippen LogP contribution is -2.19. The van der Waals surface area contributed by atoms with E-state index < -0.39 is 0 Å². The molecule has 0 radical (unpaired) electrons. The van der Waals surface area contributed by atoms with Gasteiger partial charge in [0.1, 0.15) is 0 Å². The van der Waals surface area contributed by atoms with Gasteiger partial charge < -0.3 is 5.73 Å². The minimum atomic E-state index is 0. The van der Waals surface area contributed by atoms with Gasteiger partial charge in [0.25, 0.3) is 0 Å². The van der Waals surface area contributed by atoms with Crippen LogP contribution in [0.4, 0.5) is 5.13 Å². The van der Waals surface area contributed by atoms with Gasteiger partial charge in [0.05, 0.1) is 0 Å². The average molecular weight is 248 g/mol. The summed E-state index contributed by atoms with van der Waals surface area (Å²) < 4.78 is 0. The molecule has 1 fully saturated rings. The molecule has 0 amide bonds. The molecule has 1 aliphatic heterocycles. The average Bonchev–Trinajstić information content (AvgIpc) is 2.62. The van der Waals surface area contributed by atoms with Crippen LogP contribution in [0.25, 0.3) is 0 Å². The lowest BCUT2D eigenvalue weighted by Gasteiger charge is -2.12. The Kier molecular flexibility index (Phi) is 4.37. The third-order valence-corrected chi connectivity index (χ3v) is 3.83. The lowest BCUT2D eigenvalue weighted by atomic mass is 10.0. The molecule has 2 rings (SSSR count). The normalized spacial score (nSPS) is 26.5. The van der Waals surface area contributed by atoms with Crippen LogP contribution in [-0.4, -0.2) is 23.0 Å². The molecule has 0 saturated carbocycles. The fraction of sp³-hybridized carbons (Fsp3) is 0.700. The number of rotatable bonds is 2. The van der Waals surface area contributed by atoms with Crippen LogP contribution in [0.3, 0.4) is 0 Å². The summed E-state index contributed by atoms with van der Waals surface area (Å²) in [6.07, 6.45) is 1.90. The van der Waals surface area contributed by atoms with Crippen LogP contribution in [0.5, 0.6) is 0 Å². The van der Waals surface area contributed by atoms with Gasteiger partial charge in [0.2, 0.25) is 0 Å². The molecule has 5 heteroatoms. The van der Waals surface area contributed by atoms with Crippen LogP contribution in [0, 0.1) is 11.8 Å². The number of nitrogen functional groups attached to an aromatic ring is 1. The molecule has 86 valence electrons. The van der Waals surface area contributed by atoms with Crippen LogP contribution >= 0.6 is 23.7 Å². The molecular weight excluding hydrogens is 230 g/mol. The fourth-order valence-corrected chi connectivity index (χ4v) is 2.72. The fourth-order valence-electron chi connectivity index (χ4n) is 1.99. The smallest absolute Gasteiger partial charge is 0.180 e. The number of likely N-dealkylation sites (tertiary alicyclic amines) is 1. The first-order valence-electron chi connectivity index (χ1n) is 5.07. The van der Waals surface area contributed by atoms with Crippen molar-refractivity contribution in [1.29, 1.82) is 0 Å². The minimum absolute atomic E-state index is 0. The monoisotopic (exact) mass is 247 g/mol. The van der Waals surface area contributed by atoms with Crippen molar-refractivity contribution in [3.05, 3.63) is 11.1 Å². The number of anilines is 1. The predicted molar refractivity (Wildman–Crippen MR) is 67.4 cm³/mol. The Morgan fingerprint density at radius 2 is 2.07 bits per heavy atom. The quantitative estimate of drug-likeness (QED) is 0.872. The summed E-state index contributed by atoms with van der Waals surface area (Å²) >= 11 is 1.60. The van der Waals surface area contributed by atoms with Gasteiger partial charge in [-0.05, 0) is 11.8 Å². The standard InChI is InChI=1S/C10H17N3S.ClH/c1-7-4-13(5-8(7)2)6-9-3-12-10(11)14-9;/h3,7-8H,4-6H2,1-2H3,(H2,11,12);1H. The number of aromatic nitrogens is 1. The number of hydrogen-bond acceptors (Lipinski definition) is 4. The summed E-state index contributed by atoms with van der Waals surface area (Å²) in [6, 6.07) is 0. The summed E-state index contributed by atoms with van der Waals surface area (Å²) in [5.41, 5.74) is 5.60. The largest absolute Gasteiger partial charge is 0.375 e. The second kappa shape index (κ2) is 5.14. The van der Waals surface area contributed by atoms with Crippen molar-refractivity contribution >= 4 is 28.9 Å². The molecule has 2 unspecified atom stereocenters. The number of nitrogens with zero attached hydrogens (tertiary/aromatic N) is 2. The second-order valence-electron chi connectivity index (χ2n) is 4.31. The highest BCUT2D eigenvalue weighted by Gasteiger charge is 2.25. The van der Waals surface area contributed by atoms with Crippen LogP contribution in [-0.2, 0) is 6.54 Å². The highest BCUT2D eigenvalue weighted by Crippen LogP contribution is 2.25. The summed E-state index contributed by atoms with van der Waals surface area (Å²) in [7, 11) is 0. The zero-order chi connectivity index (χ0) is 10.1. The van der Waals surface area contributed by atoms with Gasteiger partial charge in [-0.3, -0.25) is 4.90 Å². The molecule has 1 aliphatic rings. The van der Waals surface area contributed by atoms with Crippen molar-refractivity contribution in [3.8, 4) is 0 Å². The van der Waals surface area contributed by atoms with E-state index in [0.717, 1.165) is 18.4 Å². The SMILES string of the molecule is CC1CN(Cc2cnc(N)s2)CC1C.Cl. The second-order valence-corrected chi connectivity index (χ2v) is 5.46. The first kappa shape index (κ1) is 12.7. The number of nitrogens with two attached hydrogens (primary N) is 1. The van der Waals surface area contributed by atoms with Crippen LogP contribution in [0.15, 0.2) is 6.20 Å².